The number of carbonyl (C=O) groups excluding carboxylic acids is 2. The van der Waals surface area contributed by atoms with Crippen LogP contribution in [0.25, 0.3) is 0 Å². The first-order valence-electron chi connectivity index (χ1n) is 10.6. The SMILES string of the molecule is COC(=O)c1nc([C@H](C)NC(c2ccccc2)(c2ccccc2)c2ccccc2)sc1C=O. The molecule has 1 N–H and O–H groups in total. The molecule has 0 bridgehead atoms. The van der Waals surface area contributed by atoms with Crippen LogP contribution in [-0.2, 0) is 10.3 Å². The number of ether oxygens (including phenoxy) is 1. The fourth-order valence-electron chi connectivity index (χ4n) is 4.06. The van der Waals surface area contributed by atoms with Crippen molar-refractivity contribution in [3.05, 3.63) is 123 Å². The average Bonchev–Trinajstić information content (AvgIpc) is 3.33. The molecule has 4 aromatic rings. The number of nitrogens with zero attached hydrogens (tertiary/aromatic N) is 1. The summed E-state index contributed by atoms with van der Waals surface area (Å²) in [6.07, 6.45) is 0.652. The zero-order chi connectivity index (χ0) is 23.3. The summed E-state index contributed by atoms with van der Waals surface area (Å²) in [5, 5.41) is 4.43. The minimum Gasteiger partial charge on any atom is -0.464 e. The summed E-state index contributed by atoms with van der Waals surface area (Å²) in [6, 6.07) is 30.4. The van der Waals surface area contributed by atoms with E-state index in [1.807, 2.05) is 61.5 Å². The average molecular weight is 457 g/mol. The first kappa shape index (κ1) is 22.6. The van der Waals surface area contributed by atoms with Crippen molar-refractivity contribution in [2.24, 2.45) is 0 Å². The van der Waals surface area contributed by atoms with Gasteiger partial charge in [0.15, 0.2) is 12.0 Å². The molecule has 0 unspecified atom stereocenters. The van der Waals surface area contributed by atoms with E-state index in [4.69, 9.17) is 4.74 Å². The summed E-state index contributed by atoms with van der Waals surface area (Å²) >= 11 is 1.20. The maximum atomic E-state index is 12.1. The second kappa shape index (κ2) is 9.90. The Bertz CT molecular complexity index is 1130. The van der Waals surface area contributed by atoms with Gasteiger partial charge in [0, 0.05) is 0 Å². The zero-order valence-corrected chi connectivity index (χ0v) is 19.2. The van der Waals surface area contributed by atoms with Crippen LogP contribution in [0.2, 0.25) is 0 Å². The normalized spacial score (nSPS) is 12.2. The van der Waals surface area contributed by atoms with Crippen molar-refractivity contribution in [3.8, 4) is 0 Å². The quantitative estimate of drug-likeness (QED) is 0.219. The molecule has 4 rings (SSSR count). The third-order valence-corrected chi connectivity index (χ3v) is 6.74. The molecule has 6 heteroatoms. The number of methoxy groups -OCH3 is 1. The Morgan fingerprint density at radius 1 is 0.909 bits per heavy atom. The summed E-state index contributed by atoms with van der Waals surface area (Å²) in [5.41, 5.74) is 2.55. The van der Waals surface area contributed by atoms with Gasteiger partial charge in [-0.15, -0.1) is 11.3 Å². The molecule has 0 aliphatic carbocycles. The molecule has 0 aliphatic heterocycles. The molecule has 0 amide bonds. The molecule has 33 heavy (non-hydrogen) atoms. The van der Waals surface area contributed by atoms with Gasteiger partial charge >= 0.3 is 5.97 Å². The highest BCUT2D eigenvalue weighted by Gasteiger charge is 2.38. The summed E-state index contributed by atoms with van der Waals surface area (Å²) in [7, 11) is 1.28. The van der Waals surface area contributed by atoms with Gasteiger partial charge in [-0.1, -0.05) is 91.0 Å². The number of carbonyl (C=O) groups is 2. The van der Waals surface area contributed by atoms with Gasteiger partial charge in [-0.25, -0.2) is 9.78 Å². The minimum atomic E-state index is -0.693. The molecule has 0 spiro atoms. The second-order valence-electron chi connectivity index (χ2n) is 7.59. The largest absolute Gasteiger partial charge is 0.464 e. The molecular weight excluding hydrogens is 432 g/mol. The Kier molecular flexibility index (Phi) is 6.77. The molecule has 3 aromatic carbocycles. The topological polar surface area (TPSA) is 68.3 Å². The van der Waals surface area contributed by atoms with Gasteiger partial charge in [-0.2, -0.15) is 0 Å². The predicted octanol–water partition coefficient (Wildman–Crippen LogP) is 5.38. The van der Waals surface area contributed by atoms with E-state index in [0.717, 1.165) is 16.7 Å². The standard InChI is InChI=1S/C27H24N2O3S/c1-19(25-28-24(26(31)32-2)23(18-30)33-25)29-27(20-12-6-3-7-13-20,21-14-8-4-9-15-21)22-16-10-5-11-17-22/h3-19,29H,1-2H3/t19-/m0/s1. The van der Waals surface area contributed by atoms with Crippen molar-refractivity contribution < 1.29 is 14.3 Å². The van der Waals surface area contributed by atoms with E-state index in [0.29, 0.717) is 11.3 Å². The van der Waals surface area contributed by atoms with Gasteiger partial charge < -0.3 is 4.74 Å². The highest BCUT2D eigenvalue weighted by Crippen LogP contribution is 2.39. The van der Waals surface area contributed by atoms with Crippen molar-refractivity contribution in [1.82, 2.24) is 10.3 Å². The second-order valence-corrected chi connectivity index (χ2v) is 8.65. The van der Waals surface area contributed by atoms with Crippen LogP contribution < -0.4 is 5.32 Å². The Morgan fingerprint density at radius 2 is 1.36 bits per heavy atom. The zero-order valence-electron chi connectivity index (χ0n) is 18.4. The lowest BCUT2D eigenvalue weighted by Gasteiger charge is -2.39. The summed E-state index contributed by atoms with van der Waals surface area (Å²) in [4.78, 5) is 28.4. The van der Waals surface area contributed by atoms with Gasteiger partial charge in [0.2, 0.25) is 0 Å². The maximum absolute atomic E-state index is 12.1. The van der Waals surface area contributed by atoms with Gasteiger partial charge in [-0.3, -0.25) is 10.1 Å². The van der Waals surface area contributed by atoms with Crippen molar-refractivity contribution in [1.29, 1.82) is 0 Å². The lowest BCUT2D eigenvalue weighted by atomic mass is 9.76. The summed E-state index contributed by atoms with van der Waals surface area (Å²) in [5.74, 6) is -0.618. The minimum absolute atomic E-state index is 0.0471. The van der Waals surface area contributed by atoms with Crippen LogP contribution in [0.1, 0.15) is 54.8 Å². The van der Waals surface area contributed by atoms with Crippen molar-refractivity contribution in [2.75, 3.05) is 7.11 Å². The molecule has 1 heterocycles. The Hall–Kier alpha value is -3.61. The molecule has 0 saturated heterocycles. The summed E-state index contributed by atoms with van der Waals surface area (Å²) in [6.45, 7) is 1.98. The van der Waals surface area contributed by atoms with E-state index < -0.39 is 11.5 Å². The number of esters is 1. The number of benzene rings is 3. The fourth-order valence-corrected chi connectivity index (χ4v) is 4.93. The van der Waals surface area contributed by atoms with E-state index in [1.165, 1.54) is 18.4 Å². The van der Waals surface area contributed by atoms with E-state index in [1.54, 1.807) is 0 Å². The van der Waals surface area contributed by atoms with Crippen LogP contribution >= 0.6 is 11.3 Å². The number of aldehydes is 1. The van der Waals surface area contributed by atoms with Crippen LogP contribution in [0.4, 0.5) is 0 Å². The molecule has 0 aliphatic rings. The molecule has 1 atom stereocenters. The third kappa shape index (κ3) is 4.35. The van der Waals surface area contributed by atoms with Crippen molar-refractivity contribution >= 4 is 23.6 Å². The molecule has 0 radical (unpaired) electrons. The number of thiazole rings is 1. The smallest absolute Gasteiger partial charge is 0.358 e. The number of rotatable bonds is 8. The molecular formula is C27H24N2O3S. The van der Waals surface area contributed by atoms with Crippen LogP contribution in [-0.4, -0.2) is 24.3 Å². The van der Waals surface area contributed by atoms with E-state index >= 15 is 0 Å². The van der Waals surface area contributed by atoms with Gasteiger partial charge in [0.25, 0.3) is 0 Å². The Labute approximate surface area is 197 Å². The van der Waals surface area contributed by atoms with Crippen LogP contribution in [0.15, 0.2) is 91.0 Å². The van der Waals surface area contributed by atoms with E-state index in [9.17, 15) is 9.59 Å². The van der Waals surface area contributed by atoms with Crippen molar-refractivity contribution in [2.45, 2.75) is 18.5 Å². The molecule has 166 valence electrons. The Balaban J connectivity index is 1.88. The van der Waals surface area contributed by atoms with Gasteiger partial charge in [0.05, 0.1) is 18.7 Å². The monoisotopic (exact) mass is 456 g/mol. The first-order valence-corrected chi connectivity index (χ1v) is 11.4. The van der Waals surface area contributed by atoms with Gasteiger partial charge in [-0.05, 0) is 23.6 Å². The number of hydrogen-bond acceptors (Lipinski definition) is 6. The Morgan fingerprint density at radius 3 is 1.76 bits per heavy atom. The fraction of sp³-hybridized carbons (Fsp3) is 0.148. The number of hydrogen-bond donors (Lipinski definition) is 1. The third-order valence-electron chi connectivity index (χ3n) is 5.58. The highest BCUT2D eigenvalue weighted by molar-refractivity contribution is 7.13. The highest BCUT2D eigenvalue weighted by atomic mass is 32.1. The van der Waals surface area contributed by atoms with Crippen molar-refractivity contribution in [3.63, 3.8) is 0 Å². The molecule has 1 aromatic heterocycles. The predicted molar refractivity (Wildman–Crippen MR) is 130 cm³/mol. The number of aromatic nitrogens is 1. The number of nitrogens with one attached hydrogen (secondary N) is 1. The van der Waals surface area contributed by atoms with Crippen LogP contribution in [0.5, 0.6) is 0 Å². The van der Waals surface area contributed by atoms with E-state index in [-0.39, 0.29) is 16.6 Å². The lowest BCUT2D eigenvalue weighted by molar-refractivity contribution is 0.0592. The van der Waals surface area contributed by atoms with Crippen LogP contribution in [0.3, 0.4) is 0 Å². The van der Waals surface area contributed by atoms with E-state index in [2.05, 4.69) is 46.7 Å². The first-order chi connectivity index (χ1) is 16.1. The molecule has 5 nitrogen and oxygen atoms in total. The molecule has 0 fully saturated rings. The summed E-state index contributed by atoms with van der Waals surface area (Å²) < 4.78 is 4.81. The van der Waals surface area contributed by atoms with Gasteiger partial charge in [0.1, 0.15) is 9.88 Å². The lowest BCUT2D eigenvalue weighted by Crippen LogP contribution is -2.45. The maximum Gasteiger partial charge on any atom is 0.358 e. The molecule has 0 saturated carbocycles. The van der Waals surface area contributed by atoms with Crippen LogP contribution in [0, 0.1) is 0 Å².